The van der Waals surface area contributed by atoms with Gasteiger partial charge in [-0.25, -0.2) is 0 Å². The van der Waals surface area contributed by atoms with Crippen molar-refractivity contribution in [1.29, 1.82) is 0 Å². The highest BCUT2D eigenvalue weighted by Gasteiger charge is 2.39. The second kappa shape index (κ2) is 6.97. The van der Waals surface area contributed by atoms with Gasteiger partial charge in [0.2, 0.25) is 0 Å². The monoisotopic (exact) mass is 364 g/mol. The van der Waals surface area contributed by atoms with E-state index in [1.54, 1.807) is 0 Å². The van der Waals surface area contributed by atoms with E-state index in [0.717, 1.165) is 6.04 Å². The topological polar surface area (TPSA) is 24.3 Å². The smallest absolute Gasteiger partial charge is 0.0568 e. The van der Waals surface area contributed by atoms with Gasteiger partial charge < -0.3 is 9.80 Å². The Labute approximate surface area is 163 Å². The van der Waals surface area contributed by atoms with E-state index in [4.69, 9.17) is 0 Å². The maximum Gasteiger partial charge on any atom is 0.0568 e. The van der Waals surface area contributed by atoms with Crippen molar-refractivity contribution in [3.63, 3.8) is 0 Å². The number of likely N-dealkylation sites (tertiary alicyclic amines) is 1. The van der Waals surface area contributed by atoms with E-state index < -0.39 is 0 Å². The number of nitrogens with zero attached hydrogens (tertiary/aromatic N) is 4. The molecule has 1 aliphatic carbocycles. The van der Waals surface area contributed by atoms with Crippen LogP contribution in [0.3, 0.4) is 0 Å². The van der Waals surface area contributed by atoms with Crippen molar-refractivity contribution in [1.82, 2.24) is 14.7 Å². The van der Waals surface area contributed by atoms with Gasteiger partial charge in [-0.3, -0.25) is 4.68 Å². The quantitative estimate of drug-likeness (QED) is 0.810. The van der Waals surface area contributed by atoms with Crippen molar-refractivity contribution in [2.75, 3.05) is 31.1 Å². The average Bonchev–Trinajstić information content (AvgIpc) is 3.10. The number of hydrogen-bond acceptors (Lipinski definition) is 3. The maximum absolute atomic E-state index is 4.28. The predicted molar refractivity (Wildman–Crippen MR) is 111 cm³/mol. The Morgan fingerprint density at radius 3 is 2.11 bits per heavy atom. The van der Waals surface area contributed by atoms with E-state index in [1.807, 2.05) is 17.9 Å². The van der Waals surface area contributed by atoms with Crippen LogP contribution in [0.5, 0.6) is 0 Å². The van der Waals surface area contributed by atoms with Crippen LogP contribution in [0, 0.1) is 5.41 Å². The summed E-state index contributed by atoms with van der Waals surface area (Å²) in [6.45, 7) is 5.14. The normalized spacial score (nSPS) is 23.5. The zero-order valence-electron chi connectivity index (χ0n) is 16.6. The van der Waals surface area contributed by atoms with Crippen molar-refractivity contribution >= 4 is 5.69 Å². The SMILES string of the molecule is Cn1cc(-c2ccc(N3CCC4(CC3)CCN(C3CCC3)CC4)cc2)cn1. The average molecular weight is 365 g/mol. The third-order valence-electron chi connectivity index (χ3n) is 7.54. The fraction of sp³-hybridized carbons (Fsp3) is 0.609. The molecule has 1 spiro atoms. The van der Waals surface area contributed by atoms with E-state index in [1.165, 1.54) is 87.9 Å². The van der Waals surface area contributed by atoms with Crippen molar-refractivity contribution in [3.8, 4) is 11.1 Å². The number of hydrogen-bond donors (Lipinski definition) is 0. The van der Waals surface area contributed by atoms with Crippen LogP contribution in [-0.4, -0.2) is 46.9 Å². The third kappa shape index (κ3) is 3.40. The first kappa shape index (κ1) is 17.3. The Hall–Kier alpha value is -1.81. The summed E-state index contributed by atoms with van der Waals surface area (Å²) in [5.41, 5.74) is 4.46. The second-order valence-corrected chi connectivity index (χ2v) is 9.06. The molecule has 0 bridgehead atoms. The molecule has 144 valence electrons. The molecule has 1 saturated carbocycles. The number of aromatic nitrogens is 2. The summed E-state index contributed by atoms with van der Waals surface area (Å²) in [5, 5.41) is 4.28. The minimum absolute atomic E-state index is 0.631. The Balaban J connectivity index is 1.18. The number of anilines is 1. The summed E-state index contributed by atoms with van der Waals surface area (Å²) < 4.78 is 1.86. The Bertz CT molecular complexity index is 756. The van der Waals surface area contributed by atoms with Crippen LogP contribution >= 0.6 is 0 Å². The highest BCUT2D eigenvalue weighted by Crippen LogP contribution is 2.43. The number of rotatable bonds is 3. The molecule has 0 N–H and O–H groups in total. The molecule has 0 amide bonds. The van der Waals surface area contributed by atoms with Crippen LogP contribution in [0.4, 0.5) is 5.69 Å². The van der Waals surface area contributed by atoms with Gasteiger partial charge in [0, 0.05) is 43.6 Å². The van der Waals surface area contributed by atoms with Crippen molar-refractivity contribution in [2.45, 2.75) is 51.0 Å². The fourth-order valence-corrected chi connectivity index (χ4v) is 5.29. The van der Waals surface area contributed by atoms with E-state index in [2.05, 4.69) is 45.4 Å². The zero-order chi connectivity index (χ0) is 18.3. The first-order valence-corrected chi connectivity index (χ1v) is 10.8. The highest BCUT2D eigenvalue weighted by molar-refractivity contribution is 5.65. The first-order chi connectivity index (χ1) is 13.2. The molecule has 4 nitrogen and oxygen atoms in total. The van der Waals surface area contributed by atoms with Gasteiger partial charge in [-0.05, 0) is 74.7 Å². The van der Waals surface area contributed by atoms with Crippen LogP contribution < -0.4 is 4.90 Å². The summed E-state index contributed by atoms with van der Waals surface area (Å²) in [7, 11) is 1.97. The van der Waals surface area contributed by atoms with Crippen LogP contribution in [0.1, 0.15) is 44.9 Å². The van der Waals surface area contributed by atoms with Gasteiger partial charge in [0.1, 0.15) is 0 Å². The number of benzene rings is 1. The van der Waals surface area contributed by atoms with Gasteiger partial charge >= 0.3 is 0 Å². The largest absolute Gasteiger partial charge is 0.371 e. The molecule has 4 heteroatoms. The molecule has 3 fully saturated rings. The van der Waals surface area contributed by atoms with Crippen molar-refractivity contribution < 1.29 is 0 Å². The molecule has 1 aromatic carbocycles. The third-order valence-corrected chi connectivity index (χ3v) is 7.54. The van der Waals surface area contributed by atoms with Crippen LogP contribution in [-0.2, 0) is 7.05 Å². The van der Waals surface area contributed by atoms with Gasteiger partial charge in [-0.2, -0.15) is 5.10 Å². The van der Waals surface area contributed by atoms with Gasteiger partial charge in [0.05, 0.1) is 6.20 Å². The van der Waals surface area contributed by atoms with Crippen LogP contribution in [0.2, 0.25) is 0 Å². The minimum atomic E-state index is 0.631. The van der Waals surface area contributed by atoms with Crippen LogP contribution in [0.15, 0.2) is 36.7 Å². The van der Waals surface area contributed by atoms with E-state index in [-0.39, 0.29) is 0 Å². The first-order valence-electron chi connectivity index (χ1n) is 10.8. The summed E-state index contributed by atoms with van der Waals surface area (Å²) in [6, 6.07) is 10.0. The lowest BCUT2D eigenvalue weighted by molar-refractivity contribution is 0.0306. The number of aryl methyl sites for hydroxylation is 1. The molecule has 2 saturated heterocycles. The molecule has 2 aromatic rings. The Kier molecular flexibility index (Phi) is 4.47. The molecule has 0 atom stereocenters. The van der Waals surface area contributed by atoms with E-state index in [0.29, 0.717) is 5.41 Å². The molecule has 27 heavy (non-hydrogen) atoms. The summed E-state index contributed by atoms with van der Waals surface area (Å²) >= 11 is 0. The Morgan fingerprint density at radius 2 is 1.56 bits per heavy atom. The lowest BCUT2D eigenvalue weighted by Crippen LogP contribution is -2.50. The lowest BCUT2D eigenvalue weighted by atomic mass is 9.70. The van der Waals surface area contributed by atoms with E-state index in [9.17, 15) is 0 Å². The Morgan fingerprint density at radius 1 is 0.889 bits per heavy atom. The molecular weight excluding hydrogens is 332 g/mol. The molecule has 2 aliphatic heterocycles. The van der Waals surface area contributed by atoms with Gasteiger partial charge in [-0.1, -0.05) is 18.6 Å². The second-order valence-electron chi connectivity index (χ2n) is 9.06. The summed E-state index contributed by atoms with van der Waals surface area (Å²) in [4.78, 5) is 5.38. The summed E-state index contributed by atoms with van der Waals surface area (Å²) in [5.74, 6) is 0. The van der Waals surface area contributed by atoms with Gasteiger partial charge in [-0.15, -0.1) is 0 Å². The molecule has 5 rings (SSSR count). The maximum atomic E-state index is 4.28. The van der Waals surface area contributed by atoms with Crippen LogP contribution in [0.25, 0.3) is 11.1 Å². The molecule has 3 aliphatic rings. The van der Waals surface area contributed by atoms with Gasteiger partial charge in [0.15, 0.2) is 0 Å². The molecule has 0 radical (unpaired) electrons. The zero-order valence-corrected chi connectivity index (χ0v) is 16.6. The molecule has 3 heterocycles. The lowest BCUT2D eigenvalue weighted by Gasteiger charge is -2.50. The highest BCUT2D eigenvalue weighted by atomic mass is 15.2. The fourth-order valence-electron chi connectivity index (χ4n) is 5.29. The molecular formula is C23H32N4. The van der Waals surface area contributed by atoms with Crippen molar-refractivity contribution in [3.05, 3.63) is 36.7 Å². The predicted octanol–water partition coefficient (Wildman–Crippen LogP) is 4.32. The van der Waals surface area contributed by atoms with E-state index >= 15 is 0 Å². The number of piperidine rings is 2. The summed E-state index contributed by atoms with van der Waals surface area (Å²) in [6.07, 6.45) is 14.0. The van der Waals surface area contributed by atoms with Crippen molar-refractivity contribution in [2.24, 2.45) is 12.5 Å². The minimum Gasteiger partial charge on any atom is -0.371 e. The standard InChI is InChI=1S/C23H32N4/c1-25-18-20(17-24-25)19-5-7-22(8-6-19)27-15-11-23(12-16-27)9-13-26(14-10-23)21-3-2-4-21/h5-8,17-18,21H,2-4,9-16H2,1H3. The van der Waals surface area contributed by atoms with Gasteiger partial charge in [0.25, 0.3) is 0 Å². The molecule has 0 unspecified atom stereocenters. The molecule has 1 aromatic heterocycles.